The van der Waals surface area contributed by atoms with E-state index in [1.807, 2.05) is 30.9 Å². The second-order valence-corrected chi connectivity index (χ2v) is 4.77. The molecule has 1 unspecified atom stereocenters. The highest BCUT2D eigenvalue weighted by Gasteiger charge is 2.17. The number of hydrogen-bond acceptors (Lipinski definition) is 2. The first-order valence-corrected chi connectivity index (χ1v) is 6.53. The minimum atomic E-state index is -0.171. The summed E-state index contributed by atoms with van der Waals surface area (Å²) in [5, 5.41) is 7.68. The average Bonchev–Trinajstić information content (AvgIpc) is 2.76. The number of nitrogens with one attached hydrogen (secondary N) is 1. The maximum absolute atomic E-state index is 13.7. The summed E-state index contributed by atoms with van der Waals surface area (Å²) >= 11 is 0. The van der Waals surface area contributed by atoms with Gasteiger partial charge in [-0.2, -0.15) is 5.10 Å². The van der Waals surface area contributed by atoms with Crippen LogP contribution in [0.1, 0.15) is 35.5 Å². The number of benzene rings is 1. The maximum atomic E-state index is 13.7. The van der Waals surface area contributed by atoms with Crippen LogP contribution in [-0.4, -0.2) is 16.8 Å². The molecule has 0 saturated heterocycles. The van der Waals surface area contributed by atoms with Crippen molar-refractivity contribution in [2.24, 2.45) is 7.05 Å². The van der Waals surface area contributed by atoms with E-state index in [1.54, 1.807) is 13.0 Å². The Morgan fingerprint density at radius 3 is 2.63 bits per heavy atom. The van der Waals surface area contributed by atoms with Crippen LogP contribution in [0.4, 0.5) is 4.39 Å². The summed E-state index contributed by atoms with van der Waals surface area (Å²) in [6.07, 6.45) is 0.895. The molecule has 0 aliphatic carbocycles. The van der Waals surface area contributed by atoms with Gasteiger partial charge in [-0.25, -0.2) is 4.39 Å². The Bertz CT molecular complexity index is 575. The van der Waals surface area contributed by atoms with Gasteiger partial charge in [-0.1, -0.05) is 19.1 Å². The molecule has 0 radical (unpaired) electrons. The van der Waals surface area contributed by atoms with E-state index in [0.717, 1.165) is 23.4 Å². The van der Waals surface area contributed by atoms with Crippen molar-refractivity contribution in [3.05, 3.63) is 52.6 Å². The molecular formula is C15H20FN3. The first kappa shape index (κ1) is 13.7. The molecule has 1 aromatic carbocycles. The predicted octanol–water partition coefficient (Wildman–Crippen LogP) is 2.74. The fourth-order valence-electron chi connectivity index (χ4n) is 2.26. The van der Waals surface area contributed by atoms with Gasteiger partial charge < -0.3 is 5.32 Å². The number of aromatic nitrogens is 2. The van der Waals surface area contributed by atoms with Crippen molar-refractivity contribution < 1.29 is 4.39 Å². The first-order chi connectivity index (χ1) is 9.06. The SMILES string of the molecule is CCc1cc(C(NC)c2ccc(C)c(F)c2)n(C)n1. The molecule has 1 atom stereocenters. The van der Waals surface area contributed by atoms with Crippen molar-refractivity contribution in [1.29, 1.82) is 0 Å². The van der Waals surface area contributed by atoms with Gasteiger partial charge in [-0.15, -0.1) is 0 Å². The predicted molar refractivity (Wildman–Crippen MR) is 74.6 cm³/mol. The lowest BCUT2D eigenvalue weighted by Crippen LogP contribution is -2.20. The largest absolute Gasteiger partial charge is 0.308 e. The molecule has 4 heteroatoms. The van der Waals surface area contributed by atoms with Crippen LogP contribution in [0.15, 0.2) is 24.3 Å². The third-order valence-electron chi connectivity index (χ3n) is 3.44. The topological polar surface area (TPSA) is 29.9 Å². The van der Waals surface area contributed by atoms with Gasteiger partial charge in [0.05, 0.1) is 17.4 Å². The molecule has 0 amide bonds. The quantitative estimate of drug-likeness (QED) is 0.917. The van der Waals surface area contributed by atoms with Crippen LogP contribution in [0.2, 0.25) is 0 Å². The van der Waals surface area contributed by atoms with Crippen LogP contribution in [-0.2, 0) is 13.5 Å². The van der Waals surface area contributed by atoms with Crippen LogP contribution in [0.3, 0.4) is 0 Å². The number of hydrogen-bond donors (Lipinski definition) is 1. The standard InChI is InChI=1S/C15H20FN3/c1-5-12-9-14(19(4)18-12)15(17-3)11-7-6-10(2)13(16)8-11/h6-9,15,17H,5H2,1-4H3. The first-order valence-electron chi connectivity index (χ1n) is 6.53. The molecule has 0 aliphatic heterocycles. The lowest BCUT2D eigenvalue weighted by atomic mass is 10.0. The zero-order valence-electron chi connectivity index (χ0n) is 11.9. The molecule has 0 saturated carbocycles. The lowest BCUT2D eigenvalue weighted by molar-refractivity contribution is 0.586. The van der Waals surface area contributed by atoms with Crippen LogP contribution in [0.25, 0.3) is 0 Å². The number of rotatable bonds is 4. The Balaban J connectivity index is 2.43. The Kier molecular flexibility index (Phi) is 4.00. The van der Waals surface area contributed by atoms with Gasteiger partial charge in [0.2, 0.25) is 0 Å². The van der Waals surface area contributed by atoms with Crippen LogP contribution < -0.4 is 5.32 Å². The third kappa shape index (κ3) is 2.68. The normalized spacial score (nSPS) is 12.7. The fraction of sp³-hybridized carbons (Fsp3) is 0.400. The van der Waals surface area contributed by atoms with E-state index in [-0.39, 0.29) is 11.9 Å². The van der Waals surface area contributed by atoms with Crippen molar-refractivity contribution in [2.45, 2.75) is 26.3 Å². The molecule has 1 N–H and O–H groups in total. The summed E-state index contributed by atoms with van der Waals surface area (Å²) in [4.78, 5) is 0. The minimum Gasteiger partial charge on any atom is -0.308 e. The molecule has 0 aliphatic rings. The number of aryl methyl sites for hydroxylation is 3. The molecule has 0 bridgehead atoms. The molecule has 0 spiro atoms. The summed E-state index contributed by atoms with van der Waals surface area (Å²) in [6.45, 7) is 3.85. The second-order valence-electron chi connectivity index (χ2n) is 4.77. The monoisotopic (exact) mass is 261 g/mol. The fourth-order valence-corrected chi connectivity index (χ4v) is 2.26. The highest BCUT2D eigenvalue weighted by molar-refractivity contribution is 5.32. The molecule has 2 rings (SSSR count). The zero-order chi connectivity index (χ0) is 14.0. The number of nitrogens with zero attached hydrogens (tertiary/aromatic N) is 2. The highest BCUT2D eigenvalue weighted by atomic mass is 19.1. The Morgan fingerprint density at radius 1 is 1.37 bits per heavy atom. The van der Waals surface area contributed by atoms with E-state index in [1.165, 1.54) is 0 Å². The molecule has 19 heavy (non-hydrogen) atoms. The van der Waals surface area contributed by atoms with Crippen molar-refractivity contribution in [3.8, 4) is 0 Å². The summed E-state index contributed by atoms with van der Waals surface area (Å²) in [6, 6.07) is 7.38. The maximum Gasteiger partial charge on any atom is 0.126 e. The average molecular weight is 261 g/mol. The van der Waals surface area contributed by atoms with Gasteiger partial charge in [0.1, 0.15) is 5.82 Å². The van der Waals surface area contributed by atoms with Crippen molar-refractivity contribution in [3.63, 3.8) is 0 Å². The van der Waals surface area contributed by atoms with Crippen molar-refractivity contribution in [2.75, 3.05) is 7.05 Å². The van der Waals surface area contributed by atoms with Gasteiger partial charge in [0.15, 0.2) is 0 Å². The van der Waals surface area contributed by atoms with E-state index in [9.17, 15) is 4.39 Å². The molecule has 0 fully saturated rings. The van der Waals surface area contributed by atoms with Gasteiger partial charge >= 0.3 is 0 Å². The Hall–Kier alpha value is -1.68. The molecule has 2 aromatic rings. The third-order valence-corrected chi connectivity index (χ3v) is 3.44. The van der Waals surface area contributed by atoms with E-state index < -0.39 is 0 Å². The van der Waals surface area contributed by atoms with Gasteiger partial charge in [0.25, 0.3) is 0 Å². The van der Waals surface area contributed by atoms with E-state index in [2.05, 4.69) is 23.4 Å². The smallest absolute Gasteiger partial charge is 0.126 e. The number of halogens is 1. The zero-order valence-corrected chi connectivity index (χ0v) is 11.9. The molecular weight excluding hydrogens is 241 g/mol. The van der Waals surface area contributed by atoms with E-state index in [0.29, 0.717) is 5.56 Å². The molecule has 1 heterocycles. The lowest BCUT2D eigenvalue weighted by Gasteiger charge is -2.17. The van der Waals surface area contributed by atoms with E-state index in [4.69, 9.17) is 0 Å². The second kappa shape index (κ2) is 5.53. The summed E-state index contributed by atoms with van der Waals surface area (Å²) < 4.78 is 15.6. The summed E-state index contributed by atoms with van der Waals surface area (Å²) in [5.41, 5.74) is 3.67. The minimum absolute atomic E-state index is 0.0482. The Morgan fingerprint density at radius 2 is 2.11 bits per heavy atom. The van der Waals surface area contributed by atoms with E-state index >= 15 is 0 Å². The van der Waals surface area contributed by atoms with Crippen molar-refractivity contribution >= 4 is 0 Å². The Labute approximate surface area is 113 Å². The summed E-state index contributed by atoms with van der Waals surface area (Å²) in [5.74, 6) is -0.171. The van der Waals surface area contributed by atoms with Gasteiger partial charge in [-0.05, 0) is 43.7 Å². The van der Waals surface area contributed by atoms with Gasteiger partial charge in [0, 0.05) is 7.05 Å². The molecule has 3 nitrogen and oxygen atoms in total. The molecule has 102 valence electrons. The highest BCUT2D eigenvalue weighted by Crippen LogP contribution is 2.24. The van der Waals surface area contributed by atoms with Crippen LogP contribution in [0.5, 0.6) is 0 Å². The van der Waals surface area contributed by atoms with Crippen LogP contribution in [0, 0.1) is 12.7 Å². The van der Waals surface area contributed by atoms with Crippen molar-refractivity contribution in [1.82, 2.24) is 15.1 Å². The van der Waals surface area contributed by atoms with Crippen LogP contribution >= 0.6 is 0 Å². The molecule has 1 aromatic heterocycles. The van der Waals surface area contributed by atoms with Gasteiger partial charge in [-0.3, -0.25) is 4.68 Å². The summed E-state index contributed by atoms with van der Waals surface area (Å²) in [7, 11) is 3.80.